The highest BCUT2D eigenvalue weighted by Gasteiger charge is 2.19. The van der Waals surface area contributed by atoms with E-state index in [1.165, 1.54) is 109 Å². The molecule has 0 aliphatic carbocycles. The molecule has 0 fully saturated rings. The highest BCUT2D eigenvalue weighted by molar-refractivity contribution is 5.71. The maximum Gasteiger partial charge on any atom is 0.306 e. The van der Waals surface area contributed by atoms with Crippen molar-refractivity contribution in [2.75, 3.05) is 13.2 Å². The van der Waals surface area contributed by atoms with Crippen molar-refractivity contribution in [2.45, 2.75) is 271 Å². The lowest BCUT2D eigenvalue weighted by Gasteiger charge is -2.18. The van der Waals surface area contributed by atoms with Crippen LogP contribution in [0.3, 0.4) is 0 Å². The van der Waals surface area contributed by atoms with E-state index in [1.54, 1.807) is 0 Å². The zero-order chi connectivity index (χ0) is 47.2. The molecule has 0 saturated heterocycles. The minimum atomic E-state index is -0.784. The monoisotopic (exact) mass is 907 g/mol. The minimum absolute atomic E-state index is 0.0817. The van der Waals surface area contributed by atoms with Gasteiger partial charge in [0.1, 0.15) is 13.2 Å². The first-order valence-electron chi connectivity index (χ1n) is 27.4. The number of hydrogen-bond donors (Lipinski definition) is 0. The van der Waals surface area contributed by atoms with E-state index in [0.717, 1.165) is 116 Å². The summed E-state index contributed by atoms with van der Waals surface area (Å²) in [5.74, 6) is -0.899. The standard InChI is InChI=1S/C59H102O6/c1-4-7-10-13-16-19-22-25-27-28-29-30-31-32-33-35-37-40-43-46-49-52-58(61)64-55-56(54-63-57(60)51-48-45-42-39-36-24-21-18-15-12-9-6-3)65-59(62)53-50-47-44-41-38-34-26-23-20-17-14-11-8-5-2/h7,10,14,16-17,19,23,25-27,29-30,56H,4-6,8-9,11-13,15,18,20-22,24,28,31-55H2,1-3H3/b10-7-,17-14-,19-16-,26-23-,27-25-,30-29-. The molecule has 0 heterocycles. The number of carbonyl (C=O) groups is 3. The van der Waals surface area contributed by atoms with Crippen molar-refractivity contribution in [3.8, 4) is 0 Å². The molecule has 0 N–H and O–H groups in total. The third-order valence-electron chi connectivity index (χ3n) is 11.7. The topological polar surface area (TPSA) is 78.9 Å². The van der Waals surface area contributed by atoms with Gasteiger partial charge in [-0.1, -0.05) is 235 Å². The fourth-order valence-electron chi connectivity index (χ4n) is 7.57. The molecular formula is C59H102O6. The molecule has 0 rings (SSSR count). The van der Waals surface area contributed by atoms with Crippen molar-refractivity contribution in [1.29, 1.82) is 0 Å². The predicted octanol–water partition coefficient (Wildman–Crippen LogP) is 18.2. The van der Waals surface area contributed by atoms with Crippen LogP contribution in [0.1, 0.15) is 265 Å². The van der Waals surface area contributed by atoms with Crippen molar-refractivity contribution >= 4 is 17.9 Å². The predicted molar refractivity (Wildman–Crippen MR) is 279 cm³/mol. The molecule has 0 aliphatic rings. The van der Waals surface area contributed by atoms with Crippen LogP contribution in [0.5, 0.6) is 0 Å². The third kappa shape index (κ3) is 51.7. The lowest BCUT2D eigenvalue weighted by atomic mass is 10.0. The van der Waals surface area contributed by atoms with Gasteiger partial charge in [0.25, 0.3) is 0 Å². The van der Waals surface area contributed by atoms with Crippen molar-refractivity contribution < 1.29 is 28.6 Å². The fourth-order valence-corrected chi connectivity index (χ4v) is 7.57. The first-order chi connectivity index (χ1) is 32.0. The van der Waals surface area contributed by atoms with Gasteiger partial charge in [0.2, 0.25) is 0 Å². The molecule has 0 aromatic carbocycles. The fraction of sp³-hybridized carbons (Fsp3) is 0.746. The number of hydrogen-bond acceptors (Lipinski definition) is 6. The Morgan fingerprint density at radius 2 is 0.615 bits per heavy atom. The molecule has 0 aromatic heterocycles. The van der Waals surface area contributed by atoms with Crippen molar-refractivity contribution in [2.24, 2.45) is 0 Å². The summed E-state index contributed by atoms with van der Waals surface area (Å²) >= 11 is 0. The zero-order valence-corrected chi connectivity index (χ0v) is 42.7. The van der Waals surface area contributed by atoms with Crippen LogP contribution in [0.25, 0.3) is 0 Å². The SMILES string of the molecule is CC/C=C\C/C=C\C/C=C\C/C=C\CCCCCCCCCCC(=O)OCC(COC(=O)CCCCCCCCCCCCCC)OC(=O)CCCCCCC/C=C\C/C=C\CCCC. The van der Waals surface area contributed by atoms with Gasteiger partial charge in [-0.25, -0.2) is 0 Å². The molecule has 0 radical (unpaired) electrons. The van der Waals surface area contributed by atoms with E-state index in [4.69, 9.17) is 14.2 Å². The Balaban J connectivity index is 4.35. The number of ether oxygens (including phenoxy) is 3. The Kier molecular flexibility index (Phi) is 50.9. The van der Waals surface area contributed by atoms with E-state index in [1.807, 2.05) is 0 Å². The average Bonchev–Trinajstić information content (AvgIpc) is 3.30. The van der Waals surface area contributed by atoms with E-state index < -0.39 is 6.10 Å². The maximum atomic E-state index is 12.8. The average molecular weight is 907 g/mol. The van der Waals surface area contributed by atoms with Gasteiger partial charge in [0, 0.05) is 19.3 Å². The number of allylic oxidation sites excluding steroid dienone is 12. The Hall–Kier alpha value is -3.15. The molecule has 0 saturated carbocycles. The molecule has 6 heteroatoms. The van der Waals surface area contributed by atoms with E-state index >= 15 is 0 Å². The van der Waals surface area contributed by atoms with Crippen molar-refractivity contribution in [3.05, 3.63) is 72.9 Å². The normalized spacial score (nSPS) is 12.6. The van der Waals surface area contributed by atoms with E-state index in [9.17, 15) is 14.4 Å². The molecule has 6 nitrogen and oxygen atoms in total. The van der Waals surface area contributed by atoms with Crippen molar-refractivity contribution in [1.82, 2.24) is 0 Å². The molecule has 65 heavy (non-hydrogen) atoms. The van der Waals surface area contributed by atoms with E-state index in [-0.39, 0.29) is 31.1 Å². The number of rotatable bonds is 49. The summed E-state index contributed by atoms with van der Waals surface area (Å²) in [5, 5.41) is 0. The molecule has 0 amide bonds. The van der Waals surface area contributed by atoms with Crippen molar-refractivity contribution in [3.63, 3.8) is 0 Å². The Labute approximate surface area is 402 Å². The second-order valence-electron chi connectivity index (χ2n) is 18.1. The number of unbranched alkanes of at least 4 members (excludes halogenated alkanes) is 26. The summed E-state index contributed by atoms with van der Waals surface area (Å²) in [4.78, 5) is 38.0. The first kappa shape index (κ1) is 61.9. The van der Waals surface area contributed by atoms with Crippen LogP contribution in [-0.4, -0.2) is 37.2 Å². The summed E-state index contributed by atoms with van der Waals surface area (Å²) in [5.41, 5.74) is 0. The van der Waals surface area contributed by atoms with Gasteiger partial charge in [0.05, 0.1) is 0 Å². The summed E-state index contributed by atoms with van der Waals surface area (Å²) in [6, 6.07) is 0. The molecule has 0 spiro atoms. The maximum absolute atomic E-state index is 12.8. The summed E-state index contributed by atoms with van der Waals surface area (Å²) in [6.45, 7) is 6.47. The van der Waals surface area contributed by atoms with Crippen LogP contribution < -0.4 is 0 Å². The molecule has 374 valence electrons. The molecular weight excluding hydrogens is 805 g/mol. The van der Waals surface area contributed by atoms with Gasteiger partial charge < -0.3 is 14.2 Å². The summed E-state index contributed by atoms with van der Waals surface area (Å²) in [7, 11) is 0. The Morgan fingerprint density at radius 3 is 0.985 bits per heavy atom. The first-order valence-corrected chi connectivity index (χ1v) is 27.4. The molecule has 0 aromatic rings. The smallest absolute Gasteiger partial charge is 0.306 e. The summed E-state index contributed by atoms with van der Waals surface area (Å²) < 4.78 is 16.8. The minimum Gasteiger partial charge on any atom is -0.462 e. The van der Waals surface area contributed by atoms with Crippen LogP contribution in [0.15, 0.2) is 72.9 Å². The Bertz CT molecular complexity index is 1230. The zero-order valence-electron chi connectivity index (χ0n) is 42.7. The van der Waals surface area contributed by atoms with E-state index in [2.05, 4.69) is 93.7 Å². The number of esters is 3. The van der Waals surface area contributed by atoms with Crippen LogP contribution in [0.4, 0.5) is 0 Å². The highest BCUT2D eigenvalue weighted by Crippen LogP contribution is 2.15. The molecule has 0 bridgehead atoms. The van der Waals surface area contributed by atoms with Gasteiger partial charge in [-0.15, -0.1) is 0 Å². The quantitative estimate of drug-likeness (QED) is 0.0262. The second kappa shape index (κ2) is 53.5. The van der Waals surface area contributed by atoms with E-state index in [0.29, 0.717) is 19.3 Å². The molecule has 1 unspecified atom stereocenters. The number of carbonyl (C=O) groups excluding carboxylic acids is 3. The Morgan fingerprint density at radius 1 is 0.323 bits per heavy atom. The van der Waals surface area contributed by atoms with Crippen LogP contribution in [0, 0.1) is 0 Å². The highest BCUT2D eigenvalue weighted by atomic mass is 16.6. The van der Waals surface area contributed by atoms with Crippen LogP contribution >= 0.6 is 0 Å². The largest absolute Gasteiger partial charge is 0.462 e. The van der Waals surface area contributed by atoms with Gasteiger partial charge in [-0.05, 0) is 83.5 Å². The van der Waals surface area contributed by atoms with Gasteiger partial charge in [-0.2, -0.15) is 0 Å². The van der Waals surface area contributed by atoms with Gasteiger partial charge >= 0.3 is 17.9 Å². The lowest BCUT2D eigenvalue weighted by Crippen LogP contribution is -2.30. The van der Waals surface area contributed by atoms with Crippen LogP contribution in [-0.2, 0) is 28.6 Å². The third-order valence-corrected chi connectivity index (χ3v) is 11.7. The second-order valence-corrected chi connectivity index (χ2v) is 18.1. The molecule has 0 aliphatic heterocycles. The van der Waals surface area contributed by atoms with Gasteiger partial charge in [0.15, 0.2) is 6.10 Å². The molecule has 1 atom stereocenters. The summed E-state index contributed by atoms with van der Waals surface area (Å²) in [6.07, 6.45) is 67.4. The van der Waals surface area contributed by atoms with Gasteiger partial charge in [-0.3, -0.25) is 14.4 Å². The van der Waals surface area contributed by atoms with Crippen LogP contribution in [0.2, 0.25) is 0 Å². The lowest BCUT2D eigenvalue weighted by molar-refractivity contribution is -0.167.